The van der Waals surface area contributed by atoms with Crippen LogP contribution in [0.15, 0.2) is 6.33 Å². The first-order valence-corrected chi connectivity index (χ1v) is 6.16. The van der Waals surface area contributed by atoms with Gasteiger partial charge in [-0.1, -0.05) is 26.7 Å². The van der Waals surface area contributed by atoms with E-state index in [9.17, 15) is 10.1 Å². The number of hydrogen-bond donors (Lipinski definition) is 1. The molecule has 0 spiro atoms. The van der Waals surface area contributed by atoms with E-state index in [-0.39, 0.29) is 5.91 Å². The number of carbonyl (C=O) groups excluding carboxylic acids is 1. The van der Waals surface area contributed by atoms with E-state index in [1.165, 1.54) is 11.0 Å². The van der Waals surface area contributed by atoms with Gasteiger partial charge >= 0.3 is 0 Å². The molecule has 0 fully saturated rings. The zero-order valence-electron chi connectivity index (χ0n) is 11.1. The van der Waals surface area contributed by atoms with Gasteiger partial charge in [0, 0.05) is 7.05 Å². The molecule has 0 aromatic carbocycles. The number of nitrogens with zero attached hydrogens (tertiary/aromatic N) is 4. The van der Waals surface area contributed by atoms with Gasteiger partial charge in [0.1, 0.15) is 11.7 Å². The summed E-state index contributed by atoms with van der Waals surface area (Å²) in [6, 6.07) is 2.18. The lowest BCUT2D eigenvalue weighted by atomic mass is 9.80. The highest BCUT2D eigenvalue weighted by molar-refractivity contribution is 5.95. The van der Waals surface area contributed by atoms with E-state index in [4.69, 9.17) is 0 Å². The molecule has 0 aliphatic carbocycles. The Balaban J connectivity index is 2.89. The molecule has 0 aliphatic heterocycles. The van der Waals surface area contributed by atoms with Crippen LogP contribution in [0, 0.1) is 16.7 Å². The molecule has 0 aliphatic rings. The Kier molecular flexibility index (Phi) is 4.84. The number of aromatic nitrogens is 3. The highest BCUT2D eigenvalue weighted by atomic mass is 16.2. The van der Waals surface area contributed by atoms with Gasteiger partial charge in [0.05, 0.1) is 6.07 Å². The molecule has 1 rings (SSSR count). The normalized spacial score (nSPS) is 11.0. The Bertz CT molecular complexity index is 440. The van der Waals surface area contributed by atoms with Crippen molar-refractivity contribution in [2.75, 3.05) is 5.32 Å². The van der Waals surface area contributed by atoms with Crippen LogP contribution < -0.4 is 5.32 Å². The highest BCUT2D eigenvalue weighted by Crippen LogP contribution is 2.30. The number of carbonyl (C=O) groups is 1. The summed E-state index contributed by atoms with van der Waals surface area (Å²) in [5.41, 5.74) is -0.963. The lowest BCUT2D eigenvalue weighted by molar-refractivity contribution is -0.123. The maximum Gasteiger partial charge on any atom is 0.247 e. The molecule has 1 aromatic heterocycles. The maximum atomic E-state index is 12.3. The number of nitriles is 1. The van der Waals surface area contributed by atoms with E-state index in [1.54, 1.807) is 7.05 Å². The average molecular weight is 249 g/mol. The number of hydrogen-bond acceptors (Lipinski definition) is 4. The molecule has 98 valence electrons. The van der Waals surface area contributed by atoms with Crippen LogP contribution in [0.5, 0.6) is 0 Å². The molecule has 6 heteroatoms. The van der Waals surface area contributed by atoms with Gasteiger partial charge in [-0.05, 0) is 12.8 Å². The largest absolute Gasteiger partial charge is 0.293 e. The summed E-state index contributed by atoms with van der Waals surface area (Å²) in [7, 11) is 1.69. The average Bonchev–Trinajstić information content (AvgIpc) is 2.74. The summed E-state index contributed by atoms with van der Waals surface area (Å²) in [4.78, 5) is 16.2. The number of nitrogens with one attached hydrogen (secondary N) is 1. The molecular formula is C12H19N5O. The minimum Gasteiger partial charge on any atom is -0.293 e. The van der Waals surface area contributed by atoms with Gasteiger partial charge in [-0.3, -0.25) is 10.1 Å². The minimum atomic E-state index is -0.963. The van der Waals surface area contributed by atoms with Crippen LogP contribution in [0.3, 0.4) is 0 Å². The quantitative estimate of drug-likeness (QED) is 0.834. The minimum absolute atomic E-state index is 0.287. The van der Waals surface area contributed by atoms with E-state index in [0.717, 1.165) is 12.8 Å². The van der Waals surface area contributed by atoms with Gasteiger partial charge in [-0.15, -0.1) is 0 Å². The number of aryl methyl sites for hydroxylation is 1. The van der Waals surface area contributed by atoms with Gasteiger partial charge in [0.25, 0.3) is 0 Å². The third-order valence-electron chi connectivity index (χ3n) is 2.94. The monoisotopic (exact) mass is 249 g/mol. The third-order valence-corrected chi connectivity index (χ3v) is 2.94. The van der Waals surface area contributed by atoms with Crippen molar-refractivity contribution in [3.63, 3.8) is 0 Å². The van der Waals surface area contributed by atoms with Crippen molar-refractivity contribution in [1.29, 1.82) is 5.26 Å². The van der Waals surface area contributed by atoms with E-state index in [0.29, 0.717) is 18.8 Å². The van der Waals surface area contributed by atoms with Crippen molar-refractivity contribution in [2.24, 2.45) is 12.5 Å². The van der Waals surface area contributed by atoms with Crippen LogP contribution in [0.2, 0.25) is 0 Å². The molecule has 1 amide bonds. The van der Waals surface area contributed by atoms with Crippen LogP contribution in [0.4, 0.5) is 5.95 Å². The summed E-state index contributed by atoms with van der Waals surface area (Å²) < 4.78 is 1.47. The predicted octanol–water partition coefficient (Wildman–Crippen LogP) is 1.86. The van der Waals surface area contributed by atoms with Crippen LogP contribution in [0.1, 0.15) is 39.5 Å². The Morgan fingerprint density at radius 2 is 2.11 bits per heavy atom. The summed E-state index contributed by atoms with van der Waals surface area (Å²) in [5.74, 6) is 0.0802. The second-order valence-corrected chi connectivity index (χ2v) is 4.36. The van der Waals surface area contributed by atoms with Crippen molar-refractivity contribution < 1.29 is 4.79 Å². The van der Waals surface area contributed by atoms with Crippen LogP contribution in [-0.2, 0) is 11.8 Å². The van der Waals surface area contributed by atoms with E-state index < -0.39 is 5.41 Å². The van der Waals surface area contributed by atoms with Crippen molar-refractivity contribution in [1.82, 2.24) is 14.8 Å². The van der Waals surface area contributed by atoms with Gasteiger partial charge in [0.15, 0.2) is 0 Å². The van der Waals surface area contributed by atoms with Crippen LogP contribution in [-0.4, -0.2) is 20.7 Å². The Labute approximate surface area is 107 Å². The molecule has 0 radical (unpaired) electrons. The van der Waals surface area contributed by atoms with Crippen molar-refractivity contribution in [2.45, 2.75) is 39.5 Å². The molecule has 1 heterocycles. The maximum absolute atomic E-state index is 12.3. The zero-order valence-corrected chi connectivity index (χ0v) is 11.1. The fraction of sp³-hybridized carbons (Fsp3) is 0.667. The van der Waals surface area contributed by atoms with Gasteiger partial charge < -0.3 is 0 Å². The van der Waals surface area contributed by atoms with Crippen LogP contribution >= 0.6 is 0 Å². The fourth-order valence-corrected chi connectivity index (χ4v) is 2.00. The smallest absolute Gasteiger partial charge is 0.247 e. The molecule has 1 aromatic rings. The molecule has 18 heavy (non-hydrogen) atoms. The molecule has 0 saturated heterocycles. The molecular weight excluding hydrogens is 230 g/mol. The summed E-state index contributed by atoms with van der Waals surface area (Å²) in [6.45, 7) is 3.94. The molecule has 0 atom stereocenters. The number of amides is 1. The molecule has 0 unspecified atom stereocenters. The second kappa shape index (κ2) is 6.15. The first-order valence-electron chi connectivity index (χ1n) is 6.16. The topological polar surface area (TPSA) is 83.6 Å². The third kappa shape index (κ3) is 2.86. The first-order chi connectivity index (χ1) is 8.59. The van der Waals surface area contributed by atoms with E-state index in [2.05, 4.69) is 21.5 Å². The van der Waals surface area contributed by atoms with Gasteiger partial charge in [0.2, 0.25) is 11.9 Å². The second-order valence-electron chi connectivity index (χ2n) is 4.36. The SMILES string of the molecule is CCCC(C#N)(CCC)C(=O)Nc1ncnn1C. The Hall–Kier alpha value is -1.90. The lowest BCUT2D eigenvalue weighted by Crippen LogP contribution is -2.35. The van der Waals surface area contributed by atoms with Crippen molar-refractivity contribution in [3.05, 3.63) is 6.33 Å². The number of anilines is 1. The molecule has 0 bridgehead atoms. The van der Waals surface area contributed by atoms with Crippen molar-refractivity contribution in [3.8, 4) is 6.07 Å². The van der Waals surface area contributed by atoms with Gasteiger partial charge in [-0.25, -0.2) is 4.68 Å². The Morgan fingerprint density at radius 3 is 2.50 bits per heavy atom. The summed E-state index contributed by atoms with van der Waals surface area (Å²) >= 11 is 0. The predicted molar refractivity (Wildman–Crippen MR) is 67.5 cm³/mol. The molecule has 0 saturated carbocycles. The Morgan fingerprint density at radius 1 is 1.50 bits per heavy atom. The molecule has 1 N–H and O–H groups in total. The molecule has 6 nitrogen and oxygen atoms in total. The van der Waals surface area contributed by atoms with E-state index in [1.807, 2.05) is 13.8 Å². The van der Waals surface area contributed by atoms with Gasteiger partial charge in [-0.2, -0.15) is 15.3 Å². The zero-order chi connectivity index (χ0) is 13.6. The van der Waals surface area contributed by atoms with Crippen LogP contribution in [0.25, 0.3) is 0 Å². The fourth-order valence-electron chi connectivity index (χ4n) is 2.00. The highest BCUT2D eigenvalue weighted by Gasteiger charge is 2.37. The first kappa shape index (κ1) is 14.2. The summed E-state index contributed by atoms with van der Waals surface area (Å²) in [6.07, 6.45) is 4.06. The van der Waals surface area contributed by atoms with E-state index >= 15 is 0 Å². The summed E-state index contributed by atoms with van der Waals surface area (Å²) in [5, 5.41) is 15.9. The number of rotatable bonds is 6. The lowest BCUT2D eigenvalue weighted by Gasteiger charge is -2.24. The van der Waals surface area contributed by atoms with Crippen molar-refractivity contribution >= 4 is 11.9 Å². The standard InChI is InChI=1S/C12H19N5O/c1-4-6-12(8-13,7-5-2)10(18)16-11-14-9-15-17(11)3/h9H,4-7H2,1-3H3,(H,14,15,16,18).